The van der Waals surface area contributed by atoms with Crippen LogP contribution in [-0.2, 0) is 10.8 Å². The quantitative estimate of drug-likeness (QED) is 0.335. The average Bonchev–Trinajstić information content (AvgIpc) is 3.23. The number of aromatic nitrogens is 2. The van der Waals surface area contributed by atoms with Crippen molar-refractivity contribution in [2.75, 3.05) is 5.73 Å². The number of nitrogens with zero attached hydrogens (tertiary/aromatic N) is 2. The van der Waals surface area contributed by atoms with Gasteiger partial charge in [0, 0.05) is 35.1 Å². The van der Waals surface area contributed by atoms with E-state index in [0.717, 1.165) is 45.1 Å². The maximum absolute atomic E-state index is 6.46. The normalized spacial score (nSPS) is 12.1. The fourth-order valence-corrected chi connectivity index (χ4v) is 3.98. The Bertz CT molecular complexity index is 1260. The molecule has 3 aromatic carbocycles. The first-order chi connectivity index (χ1) is 15.5. The molecule has 0 aliphatic rings. The molecule has 4 rings (SSSR count). The topological polar surface area (TPSA) is 53.1 Å². The van der Waals surface area contributed by atoms with Gasteiger partial charge in [0.1, 0.15) is 11.5 Å². The molecule has 0 bridgehead atoms. The van der Waals surface area contributed by atoms with Crippen LogP contribution in [0.4, 0.5) is 5.69 Å². The van der Waals surface area contributed by atoms with Crippen LogP contribution in [-0.4, -0.2) is 9.78 Å². The summed E-state index contributed by atoms with van der Waals surface area (Å²) in [5.41, 5.74) is 12.5. The summed E-state index contributed by atoms with van der Waals surface area (Å²) in [7, 11) is 0. The molecule has 0 saturated heterocycles. The van der Waals surface area contributed by atoms with E-state index in [2.05, 4.69) is 64.8 Å². The minimum Gasteiger partial charge on any atom is -0.457 e. The van der Waals surface area contributed by atoms with Crippen molar-refractivity contribution in [2.24, 2.45) is 0 Å². The number of hydrogen-bond acceptors (Lipinski definition) is 3. The third kappa shape index (κ3) is 4.95. The van der Waals surface area contributed by atoms with Gasteiger partial charge in [0.2, 0.25) is 0 Å². The lowest BCUT2D eigenvalue weighted by molar-refractivity contribution is 0.453. The number of ether oxygens (including phenoxy) is 1. The second kappa shape index (κ2) is 8.43. The summed E-state index contributed by atoms with van der Waals surface area (Å²) < 4.78 is 8.29. The zero-order valence-corrected chi connectivity index (χ0v) is 20.4. The SMILES string of the molecule is CC(C)(C)c1cc(C(C)(C)C)c(Oc2cccc(-n3cc(-c4ccccc4)cn3)c2)cc1N. The van der Waals surface area contributed by atoms with Crippen LogP contribution in [0.5, 0.6) is 11.5 Å². The Labute approximate surface area is 197 Å². The smallest absolute Gasteiger partial charge is 0.133 e. The van der Waals surface area contributed by atoms with Crippen LogP contribution < -0.4 is 10.5 Å². The molecule has 0 amide bonds. The number of nitrogens with two attached hydrogens (primary N) is 1. The van der Waals surface area contributed by atoms with E-state index in [-0.39, 0.29) is 10.8 Å². The molecule has 0 aliphatic heterocycles. The van der Waals surface area contributed by atoms with Gasteiger partial charge in [-0.05, 0) is 40.2 Å². The van der Waals surface area contributed by atoms with Gasteiger partial charge in [-0.25, -0.2) is 4.68 Å². The highest BCUT2D eigenvalue weighted by Crippen LogP contribution is 2.40. The Hall–Kier alpha value is -3.53. The van der Waals surface area contributed by atoms with Gasteiger partial charge < -0.3 is 10.5 Å². The standard InChI is InChI=1S/C29H33N3O/c1-28(2,3)24-16-25(29(4,5)6)27(17-26(24)30)33-23-14-10-13-22(15-23)32-19-21(18-31-32)20-11-8-7-9-12-20/h7-19H,30H2,1-6H3. The second-order valence-corrected chi connectivity index (χ2v) is 10.6. The summed E-state index contributed by atoms with van der Waals surface area (Å²) in [6.45, 7) is 13.1. The average molecular weight is 440 g/mol. The first-order valence-electron chi connectivity index (χ1n) is 11.4. The number of nitrogen functional groups attached to an aromatic ring is 1. The molecule has 0 saturated carbocycles. The summed E-state index contributed by atoms with van der Waals surface area (Å²) in [6, 6.07) is 22.4. The first kappa shape index (κ1) is 22.7. The molecule has 170 valence electrons. The van der Waals surface area contributed by atoms with Gasteiger partial charge in [0.05, 0.1) is 11.9 Å². The van der Waals surface area contributed by atoms with Crippen molar-refractivity contribution in [3.05, 3.63) is 90.3 Å². The third-order valence-electron chi connectivity index (χ3n) is 5.77. The van der Waals surface area contributed by atoms with Crippen molar-refractivity contribution in [1.82, 2.24) is 9.78 Å². The van der Waals surface area contributed by atoms with Crippen molar-refractivity contribution in [2.45, 2.75) is 52.4 Å². The van der Waals surface area contributed by atoms with Crippen LogP contribution in [0.3, 0.4) is 0 Å². The molecular formula is C29H33N3O. The summed E-state index contributed by atoms with van der Waals surface area (Å²) in [6.07, 6.45) is 3.91. The fourth-order valence-electron chi connectivity index (χ4n) is 3.98. The zero-order valence-electron chi connectivity index (χ0n) is 20.4. The molecule has 0 atom stereocenters. The molecule has 0 spiro atoms. The molecule has 2 N–H and O–H groups in total. The van der Waals surface area contributed by atoms with E-state index in [9.17, 15) is 0 Å². The summed E-state index contributed by atoms with van der Waals surface area (Å²) in [5, 5.41) is 4.56. The molecular weight excluding hydrogens is 406 g/mol. The molecule has 1 aromatic heterocycles. The lowest BCUT2D eigenvalue weighted by Gasteiger charge is -2.28. The van der Waals surface area contributed by atoms with Crippen molar-refractivity contribution < 1.29 is 4.74 Å². The van der Waals surface area contributed by atoms with E-state index in [0.29, 0.717) is 0 Å². The number of hydrogen-bond donors (Lipinski definition) is 1. The van der Waals surface area contributed by atoms with Crippen LogP contribution in [0, 0.1) is 0 Å². The Morgan fingerprint density at radius 1 is 0.758 bits per heavy atom. The lowest BCUT2D eigenvalue weighted by Crippen LogP contribution is -2.19. The Morgan fingerprint density at radius 2 is 1.45 bits per heavy atom. The Morgan fingerprint density at radius 3 is 2.12 bits per heavy atom. The van der Waals surface area contributed by atoms with E-state index in [1.165, 1.54) is 0 Å². The van der Waals surface area contributed by atoms with E-state index < -0.39 is 0 Å². The fraction of sp³-hybridized carbons (Fsp3) is 0.276. The molecule has 4 heteroatoms. The van der Waals surface area contributed by atoms with Crippen molar-refractivity contribution in [3.8, 4) is 28.3 Å². The van der Waals surface area contributed by atoms with Gasteiger partial charge in [0.15, 0.2) is 0 Å². The number of benzene rings is 3. The van der Waals surface area contributed by atoms with E-state index in [4.69, 9.17) is 10.5 Å². The van der Waals surface area contributed by atoms with Crippen LogP contribution in [0.1, 0.15) is 52.7 Å². The summed E-state index contributed by atoms with van der Waals surface area (Å²) >= 11 is 0. The maximum atomic E-state index is 6.46. The van der Waals surface area contributed by atoms with Crippen molar-refractivity contribution in [3.63, 3.8) is 0 Å². The third-order valence-corrected chi connectivity index (χ3v) is 5.77. The number of rotatable bonds is 4. The van der Waals surface area contributed by atoms with Gasteiger partial charge in [-0.1, -0.05) is 77.9 Å². The predicted molar refractivity (Wildman–Crippen MR) is 137 cm³/mol. The molecule has 4 aromatic rings. The van der Waals surface area contributed by atoms with Crippen LogP contribution in [0.25, 0.3) is 16.8 Å². The predicted octanol–water partition coefficient (Wildman–Crippen LogP) is 7.51. The van der Waals surface area contributed by atoms with Gasteiger partial charge in [-0.15, -0.1) is 0 Å². The lowest BCUT2D eigenvalue weighted by atomic mass is 9.79. The van der Waals surface area contributed by atoms with E-state index >= 15 is 0 Å². The van der Waals surface area contributed by atoms with Gasteiger partial charge in [0.25, 0.3) is 0 Å². The molecule has 33 heavy (non-hydrogen) atoms. The van der Waals surface area contributed by atoms with E-state index in [1.807, 2.05) is 65.6 Å². The molecule has 4 nitrogen and oxygen atoms in total. The van der Waals surface area contributed by atoms with E-state index in [1.54, 1.807) is 0 Å². The maximum Gasteiger partial charge on any atom is 0.133 e. The molecule has 0 fully saturated rings. The first-order valence-corrected chi connectivity index (χ1v) is 11.4. The van der Waals surface area contributed by atoms with Crippen molar-refractivity contribution >= 4 is 5.69 Å². The summed E-state index contributed by atoms with van der Waals surface area (Å²) in [5.74, 6) is 1.54. The second-order valence-electron chi connectivity index (χ2n) is 10.6. The van der Waals surface area contributed by atoms with Crippen molar-refractivity contribution in [1.29, 1.82) is 0 Å². The van der Waals surface area contributed by atoms with Gasteiger partial charge >= 0.3 is 0 Å². The highest BCUT2D eigenvalue weighted by atomic mass is 16.5. The number of anilines is 1. The minimum absolute atomic E-state index is 0.0426. The highest BCUT2D eigenvalue weighted by Gasteiger charge is 2.25. The van der Waals surface area contributed by atoms with Gasteiger partial charge in [-0.3, -0.25) is 0 Å². The Kier molecular flexibility index (Phi) is 5.79. The van der Waals surface area contributed by atoms with Gasteiger partial charge in [-0.2, -0.15) is 5.10 Å². The summed E-state index contributed by atoms with van der Waals surface area (Å²) in [4.78, 5) is 0. The van der Waals surface area contributed by atoms with Crippen LogP contribution in [0.15, 0.2) is 79.1 Å². The van der Waals surface area contributed by atoms with Crippen LogP contribution in [0.2, 0.25) is 0 Å². The monoisotopic (exact) mass is 439 g/mol. The molecule has 0 radical (unpaired) electrons. The van der Waals surface area contributed by atoms with Crippen LogP contribution >= 0.6 is 0 Å². The largest absolute Gasteiger partial charge is 0.457 e. The minimum atomic E-state index is -0.0901. The Balaban J connectivity index is 1.68. The molecule has 0 unspecified atom stereocenters. The molecule has 1 heterocycles. The highest BCUT2D eigenvalue weighted by molar-refractivity contribution is 5.62. The molecule has 0 aliphatic carbocycles. The zero-order chi connectivity index (χ0) is 23.8.